The molecule has 0 radical (unpaired) electrons. The van der Waals surface area contributed by atoms with Gasteiger partial charge in [0.05, 0.1) is 12.6 Å². The molecule has 0 aromatic carbocycles. The molecule has 0 saturated heterocycles. The summed E-state index contributed by atoms with van der Waals surface area (Å²) in [5, 5.41) is 16.3. The minimum atomic E-state index is -1.23. The Hall–Kier alpha value is -3.62. The molecule has 0 bridgehead atoms. The number of carbonyl (C=O) groups is 4. The van der Waals surface area contributed by atoms with Gasteiger partial charge in [-0.25, -0.2) is 4.79 Å². The predicted molar refractivity (Wildman–Crippen MR) is 118 cm³/mol. The van der Waals surface area contributed by atoms with E-state index in [2.05, 4.69) is 25.9 Å². The van der Waals surface area contributed by atoms with Crippen LogP contribution >= 0.6 is 0 Å². The smallest absolute Gasteiger partial charge is 0.326 e. The lowest BCUT2D eigenvalue weighted by atomic mass is 10.1. The zero-order valence-electron chi connectivity index (χ0n) is 18.0. The van der Waals surface area contributed by atoms with Gasteiger partial charge in [0.1, 0.15) is 12.1 Å². The minimum Gasteiger partial charge on any atom is -0.480 e. The predicted octanol–water partition coefficient (Wildman–Crippen LogP) is -4.39. The first-order valence-electron chi connectivity index (χ1n) is 9.90. The first kappa shape index (κ1) is 28.4. The van der Waals surface area contributed by atoms with Crippen LogP contribution in [0.15, 0.2) is 9.98 Å². The SMILES string of the molecule is CC(NC(=O)CNC(=O)C(N)CCCN=C(N)N)C(=O)NC(CCCN=C(N)N)C(=O)O. The fourth-order valence-electron chi connectivity index (χ4n) is 2.36. The van der Waals surface area contributed by atoms with Gasteiger partial charge in [-0.3, -0.25) is 24.4 Å². The molecule has 3 amide bonds. The van der Waals surface area contributed by atoms with Crippen molar-refractivity contribution in [1.29, 1.82) is 0 Å². The Bertz CT molecular complexity index is 704. The minimum absolute atomic E-state index is 0.0570. The molecule has 0 aliphatic carbocycles. The number of hydrogen-bond donors (Lipinski definition) is 9. The van der Waals surface area contributed by atoms with Gasteiger partial charge in [0, 0.05) is 13.1 Å². The number of amides is 3. The largest absolute Gasteiger partial charge is 0.480 e. The van der Waals surface area contributed by atoms with Crippen molar-refractivity contribution in [1.82, 2.24) is 16.0 Å². The highest BCUT2D eigenvalue weighted by Gasteiger charge is 2.24. The average molecular weight is 459 g/mol. The van der Waals surface area contributed by atoms with Crippen LogP contribution in [0, 0.1) is 0 Å². The molecule has 0 aromatic rings. The molecule has 15 nitrogen and oxygen atoms in total. The van der Waals surface area contributed by atoms with Gasteiger partial charge >= 0.3 is 5.97 Å². The van der Waals surface area contributed by atoms with Crippen molar-refractivity contribution in [3.63, 3.8) is 0 Å². The summed E-state index contributed by atoms with van der Waals surface area (Å²) in [5.41, 5.74) is 26.5. The van der Waals surface area contributed by atoms with Gasteiger partial charge in [-0.15, -0.1) is 0 Å². The maximum Gasteiger partial charge on any atom is 0.326 e. The molecule has 15 heteroatoms. The molecule has 32 heavy (non-hydrogen) atoms. The van der Waals surface area contributed by atoms with Gasteiger partial charge in [-0.1, -0.05) is 0 Å². The van der Waals surface area contributed by atoms with E-state index in [1.165, 1.54) is 6.92 Å². The Balaban J connectivity index is 4.38. The number of carboxylic acid groups (broad SMARTS) is 1. The molecule has 0 aliphatic rings. The van der Waals surface area contributed by atoms with Crippen LogP contribution in [0.5, 0.6) is 0 Å². The van der Waals surface area contributed by atoms with Crippen LogP contribution in [0.1, 0.15) is 32.6 Å². The molecule has 0 rings (SSSR count). The van der Waals surface area contributed by atoms with Crippen molar-refractivity contribution in [3.8, 4) is 0 Å². The van der Waals surface area contributed by atoms with Gasteiger partial charge in [0.25, 0.3) is 0 Å². The third kappa shape index (κ3) is 13.6. The van der Waals surface area contributed by atoms with Crippen molar-refractivity contribution in [3.05, 3.63) is 0 Å². The summed E-state index contributed by atoms with van der Waals surface area (Å²) in [5.74, 6) is -3.30. The Kier molecular flexibility index (Phi) is 13.5. The van der Waals surface area contributed by atoms with Gasteiger partial charge in [0.2, 0.25) is 17.7 Å². The van der Waals surface area contributed by atoms with Crippen LogP contribution in [0.4, 0.5) is 0 Å². The van der Waals surface area contributed by atoms with Crippen LogP contribution in [0.25, 0.3) is 0 Å². The fourth-order valence-corrected chi connectivity index (χ4v) is 2.36. The monoisotopic (exact) mass is 458 g/mol. The quantitative estimate of drug-likeness (QED) is 0.0645. The highest BCUT2D eigenvalue weighted by molar-refractivity contribution is 5.92. The van der Waals surface area contributed by atoms with Crippen molar-refractivity contribution in [2.24, 2.45) is 38.7 Å². The van der Waals surface area contributed by atoms with Crippen molar-refractivity contribution in [2.75, 3.05) is 19.6 Å². The molecule has 14 N–H and O–H groups in total. The topological polar surface area (TPSA) is 279 Å². The second kappa shape index (κ2) is 15.2. The van der Waals surface area contributed by atoms with Crippen LogP contribution < -0.4 is 44.6 Å². The van der Waals surface area contributed by atoms with Gasteiger partial charge in [-0.2, -0.15) is 0 Å². The molecule has 0 fully saturated rings. The lowest BCUT2D eigenvalue weighted by molar-refractivity contribution is -0.142. The highest BCUT2D eigenvalue weighted by atomic mass is 16.4. The summed E-state index contributed by atoms with van der Waals surface area (Å²) in [6, 6.07) is -3.06. The molecule has 0 saturated carbocycles. The molecule has 0 heterocycles. The second-order valence-electron chi connectivity index (χ2n) is 6.91. The van der Waals surface area contributed by atoms with Crippen LogP contribution in [0.2, 0.25) is 0 Å². The molecule has 0 spiro atoms. The number of guanidine groups is 2. The number of carbonyl (C=O) groups excluding carboxylic acids is 3. The van der Waals surface area contributed by atoms with Crippen molar-refractivity contribution in [2.45, 2.75) is 50.7 Å². The molecule has 3 unspecified atom stereocenters. The fraction of sp³-hybridized carbons (Fsp3) is 0.647. The van der Waals surface area contributed by atoms with E-state index in [4.69, 9.17) is 28.7 Å². The van der Waals surface area contributed by atoms with E-state index >= 15 is 0 Å². The molecular weight excluding hydrogens is 424 g/mol. The first-order chi connectivity index (χ1) is 14.9. The number of carboxylic acids is 1. The molecule has 182 valence electrons. The Morgan fingerprint density at radius 1 is 0.875 bits per heavy atom. The summed E-state index contributed by atoms with van der Waals surface area (Å²) < 4.78 is 0. The van der Waals surface area contributed by atoms with Crippen LogP contribution in [0.3, 0.4) is 0 Å². The number of hydrogen-bond acceptors (Lipinski definition) is 7. The van der Waals surface area contributed by atoms with E-state index in [1.807, 2.05) is 0 Å². The lowest BCUT2D eigenvalue weighted by Gasteiger charge is -2.19. The molecule has 0 aromatic heterocycles. The van der Waals surface area contributed by atoms with Crippen molar-refractivity contribution < 1.29 is 24.3 Å². The Labute approximate surface area is 185 Å². The summed E-state index contributed by atoms with van der Waals surface area (Å²) in [6.07, 6.45) is 1.21. The summed E-state index contributed by atoms with van der Waals surface area (Å²) in [4.78, 5) is 54.9. The number of aliphatic imine (C=N–C) groups is 2. The first-order valence-corrected chi connectivity index (χ1v) is 9.90. The van der Waals surface area contributed by atoms with Crippen LogP contribution in [-0.2, 0) is 19.2 Å². The van der Waals surface area contributed by atoms with Crippen LogP contribution in [-0.4, -0.2) is 78.5 Å². The maximum atomic E-state index is 12.2. The summed E-state index contributed by atoms with van der Waals surface area (Å²) >= 11 is 0. The number of aliphatic carboxylic acids is 1. The second-order valence-corrected chi connectivity index (χ2v) is 6.91. The number of nitrogens with one attached hydrogen (secondary N) is 3. The summed E-state index contributed by atoms with van der Waals surface area (Å²) in [7, 11) is 0. The van der Waals surface area contributed by atoms with Crippen molar-refractivity contribution >= 4 is 35.6 Å². The number of nitrogens with two attached hydrogens (primary N) is 5. The molecule has 3 atom stereocenters. The molecule has 0 aliphatic heterocycles. The lowest BCUT2D eigenvalue weighted by Crippen LogP contribution is -2.52. The molecular formula is C17H34N10O5. The van der Waals surface area contributed by atoms with Gasteiger partial charge in [0.15, 0.2) is 11.9 Å². The van der Waals surface area contributed by atoms with Gasteiger partial charge < -0.3 is 49.7 Å². The third-order valence-corrected chi connectivity index (χ3v) is 4.06. The van der Waals surface area contributed by atoms with E-state index < -0.39 is 48.4 Å². The standard InChI is InChI=1S/C17H34N10O5/c1-9(13(29)27-11(15(31)32)5-3-7-24-17(21)22)26-12(28)8-25-14(30)10(18)4-2-6-23-16(19)20/h9-11H,2-8,18H2,1H3,(H,25,30)(H,26,28)(H,27,29)(H,31,32)(H4,19,20,23)(H4,21,22,24). The van der Waals surface area contributed by atoms with Gasteiger partial charge in [-0.05, 0) is 32.6 Å². The van der Waals surface area contributed by atoms with E-state index in [0.29, 0.717) is 25.8 Å². The van der Waals surface area contributed by atoms with E-state index in [-0.39, 0.29) is 24.9 Å². The number of nitrogens with zero attached hydrogens (tertiary/aromatic N) is 2. The van der Waals surface area contributed by atoms with E-state index in [1.54, 1.807) is 0 Å². The normalized spacial score (nSPS) is 13.1. The number of rotatable bonds is 15. The van der Waals surface area contributed by atoms with E-state index in [9.17, 15) is 24.3 Å². The Morgan fingerprint density at radius 3 is 1.91 bits per heavy atom. The zero-order chi connectivity index (χ0) is 24.7. The highest BCUT2D eigenvalue weighted by Crippen LogP contribution is 2.00. The summed E-state index contributed by atoms with van der Waals surface area (Å²) in [6.45, 7) is 1.51. The average Bonchev–Trinajstić information content (AvgIpc) is 2.70. The Morgan fingerprint density at radius 2 is 1.41 bits per heavy atom. The third-order valence-electron chi connectivity index (χ3n) is 4.06. The van der Waals surface area contributed by atoms with E-state index in [0.717, 1.165) is 0 Å². The maximum absolute atomic E-state index is 12.2. The zero-order valence-corrected chi connectivity index (χ0v) is 18.0.